The molecular formula is C29H35N5O4. The lowest BCUT2D eigenvalue weighted by molar-refractivity contribution is -0.170. The van der Waals surface area contributed by atoms with Gasteiger partial charge in [0.25, 0.3) is 0 Å². The summed E-state index contributed by atoms with van der Waals surface area (Å²) in [6.07, 6.45) is 8.94. The molecule has 2 atom stereocenters. The molecule has 3 aliphatic rings. The molecule has 9 nitrogen and oxygen atoms in total. The number of nitrogens with zero attached hydrogens (tertiary/aromatic N) is 4. The van der Waals surface area contributed by atoms with Crippen LogP contribution in [0.2, 0.25) is 0 Å². The van der Waals surface area contributed by atoms with Crippen molar-refractivity contribution in [2.45, 2.75) is 64.1 Å². The molecular weight excluding hydrogens is 482 g/mol. The zero-order chi connectivity index (χ0) is 26.6. The Labute approximate surface area is 223 Å². The number of carbonyl (C=O) groups is 4. The van der Waals surface area contributed by atoms with E-state index in [4.69, 9.17) is 0 Å². The van der Waals surface area contributed by atoms with Gasteiger partial charge in [0.15, 0.2) is 5.78 Å². The highest BCUT2D eigenvalue weighted by atomic mass is 16.2. The zero-order valence-corrected chi connectivity index (χ0v) is 21.8. The molecule has 2 aromatic rings. The number of hydrogen-bond donors (Lipinski definition) is 1. The van der Waals surface area contributed by atoms with Crippen molar-refractivity contribution in [2.75, 3.05) is 25.0 Å². The number of pyridine rings is 1. The number of rotatable bonds is 6. The summed E-state index contributed by atoms with van der Waals surface area (Å²) < 4.78 is 0. The van der Waals surface area contributed by atoms with Crippen molar-refractivity contribution < 1.29 is 19.2 Å². The van der Waals surface area contributed by atoms with Crippen LogP contribution >= 0.6 is 0 Å². The number of carbonyl (C=O) groups excluding carboxylic acids is 4. The monoisotopic (exact) mass is 517 g/mol. The van der Waals surface area contributed by atoms with Gasteiger partial charge in [0, 0.05) is 43.2 Å². The molecule has 1 aliphatic carbocycles. The van der Waals surface area contributed by atoms with E-state index in [1.807, 2.05) is 17.0 Å². The fourth-order valence-corrected chi connectivity index (χ4v) is 6.04. The van der Waals surface area contributed by atoms with Crippen molar-refractivity contribution >= 4 is 29.3 Å². The molecule has 4 amide bonds. The Morgan fingerprint density at radius 2 is 1.71 bits per heavy atom. The van der Waals surface area contributed by atoms with Crippen molar-refractivity contribution in [3.05, 3.63) is 59.9 Å². The van der Waals surface area contributed by atoms with Gasteiger partial charge < -0.3 is 20.0 Å². The first-order chi connectivity index (χ1) is 18.4. The van der Waals surface area contributed by atoms with E-state index in [1.165, 1.54) is 6.92 Å². The maximum absolute atomic E-state index is 13.9. The van der Waals surface area contributed by atoms with E-state index in [0.717, 1.165) is 37.7 Å². The molecule has 0 bridgehead atoms. The molecule has 3 fully saturated rings. The van der Waals surface area contributed by atoms with Crippen LogP contribution in [0.1, 0.15) is 61.4 Å². The van der Waals surface area contributed by atoms with Gasteiger partial charge in [0.2, 0.25) is 11.8 Å². The fourth-order valence-electron chi connectivity index (χ4n) is 6.04. The van der Waals surface area contributed by atoms with Gasteiger partial charge in [-0.1, -0.05) is 19.3 Å². The van der Waals surface area contributed by atoms with Crippen molar-refractivity contribution in [3.63, 3.8) is 0 Å². The second-order valence-electron chi connectivity index (χ2n) is 10.5. The first kappa shape index (κ1) is 25.9. The predicted molar refractivity (Wildman–Crippen MR) is 142 cm³/mol. The Morgan fingerprint density at radius 1 is 1.00 bits per heavy atom. The van der Waals surface area contributed by atoms with E-state index in [2.05, 4.69) is 10.3 Å². The number of hydrogen-bond acceptors (Lipinski definition) is 5. The average molecular weight is 518 g/mol. The van der Waals surface area contributed by atoms with E-state index < -0.39 is 12.2 Å². The Hall–Kier alpha value is -3.75. The van der Waals surface area contributed by atoms with Crippen molar-refractivity contribution in [2.24, 2.45) is 5.92 Å². The summed E-state index contributed by atoms with van der Waals surface area (Å²) in [5, 5.41) is 2.93. The molecule has 0 radical (unpaired) electrons. The van der Waals surface area contributed by atoms with Crippen LogP contribution in [0.4, 0.5) is 10.5 Å². The SMILES string of the molecule is CC(=O)c1ccc(NC(=O)N2CCC(=O)N3[C@@H](C4CCCCC4)C(=O)N(CCc4ccncc4)C[C@H]23)cc1. The third-order valence-electron chi connectivity index (χ3n) is 8.10. The number of nitrogens with one attached hydrogen (secondary N) is 1. The highest BCUT2D eigenvalue weighted by molar-refractivity contribution is 5.96. The summed E-state index contributed by atoms with van der Waals surface area (Å²) in [5.41, 5.74) is 2.24. The molecule has 1 aromatic carbocycles. The molecule has 1 aromatic heterocycles. The van der Waals surface area contributed by atoms with Gasteiger partial charge in [-0.2, -0.15) is 0 Å². The second-order valence-corrected chi connectivity index (χ2v) is 10.5. The van der Waals surface area contributed by atoms with Crippen LogP contribution in [-0.4, -0.2) is 75.2 Å². The Bertz CT molecular complexity index is 1180. The van der Waals surface area contributed by atoms with Gasteiger partial charge in [0.1, 0.15) is 12.2 Å². The minimum absolute atomic E-state index is 0.00219. The third-order valence-corrected chi connectivity index (χ3v) is 8.10. The van der Waals surface area contributed by atoms with Gasteiger partial charge in [0.05, 0.1) is 6.54 Å². The number of ketones is 1. The molecule has 38 heavy (non-hydrogen) atoms. The van der Waals surface area contributed by atoms with Crippen LogP contribution < -0.4 is 5.32 Å². The number of fused-ring (bicyclic) bond motifs is 1. The van der Waals surface area contributed by atoms with E-state index in [1.54, 1.807) is 46.5 Å². The van der Waals surface area contributed by atoms with E-state index >= 15 is 0 Å². The highest BCUT2D eigenvalue weighted by Gasteiger charge is 2.51. The van der Waals surface area contributed by atoms with Crippen molar-refractivity contribution in [1.29, 1.82) is 0 Å². The van der Waals surface area contributed by atoms with Crippen LogP contribution in [0, 0.1) is 5.92 Å². The molecule has 0 spiro atoms. The summed E-state index contributed by atoms with van der Waals surface area (Å²) in [5.74, 6) is 0.00862. The minimum Gasteiger partial charge on any atom is -0.337 e. The third kappa shape index (κ3) is 5.42. The molecule has 2 saturated heterocycles. The Balaban J connectivity index is 1.39. The molecule has 0 unspecified atom stereocenters. The van der Waals surface area contributed by atoms with Gasteiger partial charge in [-0.15, -0.1) is 0 Å². The van der Waals surface area contributed by atoms with E-state index in [0.29, 0.717) is 30.8 Å². The standard InChI is InChI=1S/C29H35N5O4/c1-20(35)22-7-9-24(10-8-22)31-29(38)33-18-14-26(36)34-25(33)19-32(17-13-21-11-15-30-16-12-21)28(37)27(34)23-5-3-2-4-6-23/h7-12,15-16,23,25,27H,2-6,13-14,17-19H2,1H3,(H,31,38)/t25-,27+/m1/s1. The first-order valence-corrected chi connectivity index (χ1v) is 13.6. The number of Topliss-reactive ketones (excluding diaryl/α,β-unsaturated/α-hetero) is 1. The van der Waals surface area contributed by atoms with Crippen molar-refractivity contribution in [1.82, 2.24) is 19.7 Å². The Morgan fingerprint density at radius 3 is 2.39 bits per heavy atom. The number of urea groups is 1. The lowest BCUT2D eigenvalue weighted by Gasteiger charge is -2.54. The predicted octanol–water partition coefficient (Wildman–Crippen LogP) is 3.71. The molecule has 1 saturated carbocycles. The van der Waals surface area contributed by atoms with Crippen LogP contribution in [0.5, 0.6) is 0 Å². The molecule has 5 rings (SSSR count). The number of anilines is 1. The molecule has 9 heteroatoms. The summed E-state index contributed by atoms with van der Waals surface area (Å²) in [6.45, 7) is 2.60. The minimum atomic E-state index is -0.538. The van der Waals surface area contributed by atoms with Gasteiger partial charge in [-0.05, 0) is 74.1 Å². The summed E-state index contributed by atoms with van der Waals surface area (Å²) in [7, 11) is 0. The smallest absolute Gasteiger partial charge is 0.323 e. The number of piperazine rings is 1. The molecule has 1 N–H and O–H groups in total. The van der Waals surface area contributed by atoms with Crippen LogP contribution in [0.25, 0.3) is 0 Å². The van der Waals surface area contributed by atoms with Crippen LogP contribution in [-0.2, 0) is 16.0 Å². The molecule has 2 aliphatic heterocycles. The maximum Gasteiger partial charge on any atom is 0.323 e. The number of aromatic nitrogens is 1. The van der Waals surface area contributed by atoms with Gasteiger partial charge in [-0.25, -0.2) is 4.79 Å². The quantitative estimate of drug-likeness (QED) is 0.589. The first-order valence-electron chi connectivity index (χ1n) is 13.6. The van der Waals surface area contributed by atoms with Crippen LogP contribution in [0.15, 0.2) is 48.8 Å². The lowest BCUT2D eigenvalue weighted by Crippen LogP contribution is -2.73. The molecule has 200 valence electrons. The lowest BCUT2D eigenvalue weighted by atomic mass is 9.81. The summed E-state index contributed by atoms with van der Waals surface area (Å²) in [6, 6.07) is 9.82. The van der Waals surface area contributed by atoms with Gasteiger partial charge in [-0.3, -0.25) is 19.4 Å². The Kier molecular flexibility index (Phi) is 7.72. The maximum atomic E-state index is 13.9. The van der Waals surface area contributed by atoms with Crippen LogP contribution in [0.3, 0.4) is 0 Å². The van der Waals surface area contributed by atoms with E-state index in [9.17, 15) is 19.2 Å². The zero-order valence-electron chi connectivity index (χ0n) is 21.8. The van der Waals surface area contributed by atoms with E-state index in [-0.39, 0.29) is 42.5 Å². The van der Waals surface area contributed by atoms with Gasteiger partial charge >= 0.3 is 6.03 Å². The average Bonchev–Trinajstić information content (AvgIpc) is 2.93. The largest absolute Gasteiger partial charge is 0.337 e. The highest BCUT2D eigenvalue weighted by Crippen LogP contribution is 2.36. The summed E-state index contributed by atoms with van der Waals surface area (Å²) in [4.78, 5) is 61.6. The normalized spacial score (nSPS) is 22.3. The fraction of sp³-hybridized carbons (Fsp3) is 0.483. The summed E-state index contributed by atoms with van der Waals surface area (Å²) >= 11 is 0. The molecule has 3 heterocycles. The number of amides is 4. The second kappa shape index (κ2) is 11.3. The van der Waals surface area contributed by atoms with Crippen molar-refractivity contribution in [3.8, 4) is 0 Å². The number of benzene rings is 1. The topological polar surface area (TPSA) is 103 Å².